The van der Waals surface area contributed by atoms with E-state index in [1.54, 1.807) is 6.08 Å². The highest BCUT2D eigenvalue weighted by Gasteiger charge is 2.29. The van der Waals surface area contributed by atoms with Crippen molar-refractivity contribution in [3.05, 3.63) is 95.4 Å². The highest BCUT2D eigenvalue weighted by molar-refractivity contribution is 6.23. The van der Waals surface area contributed by atoms with E-state index in [2.05, 4.69) is 5.32 Å². The van der Waals surface area contributed by atoms with Crippen molar-refractivity contribution in [2.24, 2.45) is 5.73 Å². The molecule has 0 saturated heterocycles. The first-order valence-electron chi connectivity index (χ1n) is 9.36. The van der Waals surface area contributed by atoms with Crippen molar-refractivity contribution < 1.29 is 14.3 Å². The van der Waals surface area contributed by atoms with Crippen molar-refractivity contribution in [1.82, 2.24) is 0 Å². The Morgan fingerprint density at radius 1 is 0.793 bits per heavy atom. The summed E-state index contributed by atoms with van der Waals surface area (Å²) in [6.45, 7) is 2.59. The van der Waals surface area contributed by atoms with Gasteiger partial charge in [0.25, 0.3) is 0 Å². The molecule has 144 valence electrons. The summed E-state index contributed by atoms with van der Waals surface area (Å²) in [7, 11) is 0. The van der Waals surface area contributed by atoms with E-state index in [9.17, 15) is 9.59 Å². The molecule has 0 saturated carbocycles. The lowest BCUT2D eigenvalue weighted by atomic mass is 9.86. The Kier molecular flexibility index (Phi) is 4.87. The maximum Gasteiger partial charge on any atom is 0.188 e. The first-order chi connectivity index (χ1) is 14.1. The Morgan fingerprint density at radius 3 is 2.03 bits per heavy atom. The molecule has 0 spiro atoms. The number of benzene rings is 2. The van der Waals surface area contributed by atoms with E-state index in [0.717, 1.165) is 22.6 Å². The van der Waals surface area contributed by atoms with Gasteiger partial charge in [-0.15, -0.1) is 0 Å². The van der Waals surface area contributed by atoms with Crippen LogP contribution in [-0.4, -0.2) is 18.2 Å². The van der Waals surface area contributed by atoms with Crippen LogP contribution in [0.3, 0.4) is 0 Å². The first kappa shape index (κ1) is 18.5. The van der Waals surface area contributed by atoms with Gasteiger partial charge < -0.3 is 15.8 Å². The molecule has 2 aliphatic rings. The number of hydrogen-bond donors (Lipinski definition) is 2. The van der Waals surface area contributed by atoms with Gasteiger partial charge in [-0.3, -0.25) is 9.59 Å². The number of anilines is 1. The Labute approximate surface area is 168 Å². The van der Waals surface area contributed by atoms with E-state index in [0.29, 0.717) is 23.6 Å². The standard InChI is InChI=1S/C24H20N2O3/c1-2-29-18-9-5-16(6-10-18)15-3-7-17(8-4-15)26-20-12-14-21(27)23-19(25)11-13-22(28)24(20)23/h3-14,26H,2,25H2,1H3. The van der Waals surface area contributed by atoms with Crippen molar-refractivity contribution >= 4 is 17.3 Å². The summed E-state index contributed by atoms with van der Waals surface area (Å²) in [5.74, 6) is 0.350. The maximum atomic E-state index is 12.4. The third-order valence-corrected chi connectivity index (χ3v) is 4.78. The van der Waals surface area contributed by atoms with Crippen LogP contribution in [0.2, 0.25) is 0 Å². The highest BCUT2D eigenvalue weighted by atomic mass is 16.5. The van der Waals surface area contributed by atoms with Gasteiger partial charge >= 0.3 is 0 Å². The van der Waals surface area contributed by atoms with Gasteiger partial charge in [-0.05, 0) is 66.6 Å². The molecule has 2 aromatic carbocycles. The number of nitrogens with two attached hydrogens (primary N) is 1. The van der Waals surface area contributed by atoms with Crippen LogP contribution >= 0.6 is 0 Å². The second kappa shape index (κ2) is 7.64. The van der Waals surface area contributed by atoms with Gasteiger partial charge in [0, 0.05) is 11.4 Å². The largest absolute Gasteiger partial charge is 0.494 e. The van der Waals surface area contributed by atoms with Crippen molar-refractivity contribution in [3.8, 4) is 16.9 Å². The van der Waals surface area contributed by atoms with Crippen LogP contribution in [0.1, 0.15) is 6.92 Å². The van der Waals surface area contributed by atoms with Crippen LogP contribution < -0.4 is 15.8 Å². The molecule has 0 unspecified atom stereocenters. The normalized spacial score (nSPS) is 15.6. The zero-order valence-corrected chi connectivity index (χ0v) is 15.9. The lowest BCUT2D eigenvalue weighted by Gasteiger charge is -2.21. The molecule has 2 aromatic rings. The van der Waals surface area contributed by atoms with Crippen molar-refractivity contribution in [1.29, 1.82) is 0 Å². The zero-order valence-electron chi connectivity index (χ0n) is 15.9. The number of ketones is 2. The number of carbonyl (C=O) groups excluding carboxylic acids is 2. The second-order valence-corrected chi connectivity index (χ2v) is 6.67. The highest BCUT2D eigenvalue weighted by Crippen LogP contribution is 2.30. The Balaban J connectivity index is 1.59. The van der Waals surface area contributed by atoms with Crippen molar-refractivity contribution in [2.45, 2.75) is 6.92 Å². The van der Waals surface area contributed by atoms with Crippen LogP contribution in [0.4, 0.5) is 5.69 Å². The van der Waals surface area contributed by atoms with Gasteiger partial charge in [0.1, 0.15) is 5.75 Å². The van der Waals surface area contributed by atoms with Gasteiger partial charge in [0.15, 0.2) is 11.6 Å². The van der Waals surface area contributed by atoms with E-state index >= 15 is 0 Å². The second-order valence-electron chi connectivity index (χ2n) is 6.67. The summed E-state index contributed by atoms with van der Waals surface area (Å²) in [6.07, 6.45) is 5.90. The summed E-state index contributed by atoms with van der Waals surface area (Å²) in [5.41, 5.74) is 10.3. The minimum atomic E-state index is -0.258. The Bertz CT molecular complexity index is 1100. The number of rotatable bonds is 5. The van der Waals surface area contributed by atoms with E-state index in [1.807, 2.05) is 55.5 Å². The molecule has 2 aliphatic carbocycles. The maximum absolute atomic E-state index is 12.4. The third kappa shape index (κ3) is 3.62. The molecule has 0 radical (unpaired) electrons. The lowest BCUT2D eigenvalue weighted by molar-refractivity contribution is -0.114. The fourth-order valence-corrected chi connectivity index (χ4v) is 3.37. The number of hydrogen-bond acceptors (Lipinski definition) is 5. The average Bonchev–Trinajstić information content (AvgIpc) is 2.73. The molecule has 29 heavy (non-hydrogen) atoms. The molecule has 0 fully saturated rings. The van der Waals surface area contributed by atoms with Crippen LogP contribution in [0.15, 0.2) is 95.4 Å². The van der Waals surface area contributed by atoms with Gasteiger partial charge in [-0.25, -0.2) is 0 Å². The number of nitrogens with one attached hydrogen (secondary N) is 1. The smallest absolute Gasteiger partial charge is 0.188 e. The minimum absolute atomic E-state index is 0.236. The quantitative estimate of drug-likeness (QED) is 0.817. The molecule has 0 heterocycles. The molecule has 5 nitrogen and oxygen atoms in total. The molecule has 0 bridgehead atoms. The third-order valence-electron chi connectivity index (χ3n) is 4.78. The van der Waals surface area contributed by atoms with Crippen LogP contribution in [0.5, 0.6) is 5.75 Å². The predicted molar refractivity (Wildman–Crippen MR) is 113 cm³/mol. The zero-order chi connectivity index (χ0) is 20.4. The van der Waals surface area contributed by atoms with E-state index < -0.39 is 0 Å². The SMILES string of the molecule is CCOc1ccc(-c2ccc(NC3=C4C(=O)C=CC(N)=C4C(=O)C=C3)cc2)cc1. The topological polar surface area (TPSA) is 81.4 Å². The van der Waals surface area contributed by atoms with Crippen molar-refractivity contribution in [2.75, 3.05) is 11.9 Å². The number of carbonyl (C=O) groups is 2. The molecular weight excluding hydrogens is 364 g/mol. The number of ether oxygens (including phenoxy) is 1. The fourth-order valence-electron chi connectivity index (χ4n) is 3.37. The summed E-state index contributed by atoms with van der Waals surface area (Å²) < 4.78 is 5.48. The van der Waals surface area contributed by atoms with Gasteiger partial charge in [0.05, 0.1) is 23.5 Å². The van der Waals surface area contributed by atoms with Crippen LogP contribution in [0, 0.1) is 0 Å². The van der Waals surface area contributed by atoms with Gasteiger partial charge in [-0.1, -0.05) is 24.3 Å². The molecule has 0 atom stereocenters. The van der Waals surface area contributed by atoms with E-state index in [4.69, 9.17) is 10.5 Å². The summed E-state index contributed by atoms with van der Waals surface area (Å²) in [6, 6.07) is 15.8. The molecular formula is C24H20N2O3. The summed E-state index contributed by atoms with van der Waals surface area (Å²) in [5, 5.41) is 3.23. The molecule has 5 heteroatoms. The molecule has 0 aromatic heterocycles. The summed E-state index contributed by atoms with van der Waals surface area (Å²) >= 11 is 0. The van der Waals surface area contributed by atoms with Crippen LogP contribution in [-0.2, 0) is 9.59 Å². The lowest BCUT2D eigenvalue weighted by Crippen LogP contribution is -2.24. The van der Waals surface area contributed by atoms with Crippen LogP contribution in [0.25, 0.3) is 11.1 Å². The average molecular weight is 384 g/mol. The van der Waals surface area contributed by atoms with Gasteiger partial charge in [-0.2, -0.15) is 0 Å². The number of allylic oxidation sites excluding steroid dienone is 6. The molecule has 4 rings (SSSR count). The number of fused-ring (bicyclic) bond motifs is 1. The first-order valence-corrected chi connectivity index (χ1v) is 9.36. The Hall–Kier alpha value is -3.86. The molecule has 3 N–H and O–H groups in total. The van der Waals surface area contributed by atoms with E-state index in [-0.39, 0.29) is 17.1 Å². The Morgan fingerprint density at radius 2 is 1.38 bits per heavy atom. The summed E-state index contributed by atoms with van der Waals surface area (Å²) in [4.78, 5) is 24.5. The predicted octanol–water partition coefficient (Wildman–Crippen LogP) is 3.91. The molecule has 0 amide bonds. The minimum Gasteiger partial charge on any atom is -0.494 e. The van der Waals surface area contributed by atoms with Gasteiger partial charge in [0.2, 0.25) is 0 Å². The fraction of sp³-hybridized carbons (Fsp3) is 0.0833. The van der Waals surface area contributed by atoms with E-state index in [1.165, 1.54) is 18.2 Å². The monoisotopic (exact) mass is 384 g/mol. The molecule has 0 aliphatic heterocycles. The van der Waals surface area contributed by atoms with Crippen molar-refractivity contribution in [3.63, 3.8) is 0 Å².